The van der Waals surface area contributed by atoms with Crippen LogP contribution >= 0.6 is 0 Å². The van der Waals surface area contributed by atoms with E-state index in [9.17, 15) is 0 Å². The average Bonchev–Trinajstić information content (AvgIpc) is 2.45. The molecule has 4 nitrogen and oxygen atoms in total. The second kappa shape index (κ2) is 10.7. The zero-order valence-electron chi connectivity index (χ0n) is 15.4. The van der Waals surface area contributed by atoms with Gasteiger partial charge in [-0.3, -0.25) is 0 Å². The number of hydrogen-bond donors (Lipinski definition) is 0. The van der Waals surface area contributed by atoms with Crippen LogP contribution in [0.15, 0.2) is 0 Å². The van der Waals surface area contributed by atoms with Gasteiger partial charge in [0.05, 0.1) is 20.6 Å². The van der Waals surface area contributed by atoms with Crippen molar-refractivity contribution in [1.82, 2.24) is 0 Å². The van der Waals surface area contributed by atoms with E-state index in [0.717, 1.165) is 6.54 Å². The van der Waals surface area contributed by atoms with Gasteiger partial charge >= 0.3 is 8.97 Å². The molecule has 0 saturated heterocycles. The minimum atomic E-state index is -2.65. The van der Waals surface area contributed by atoms with Gasteiger partial charge in [0, 0.05) is 27.2 Å². The van der Waals surface area contributed by atoms with Crippen molar-refractivity contribution >= 4 is 8.97 Å². The second-order valence-corrected chi connectivity index (χ2v) is 9.99. The van der Waals surface area contributed by atoms with Gasteiger partial charge in [0.25, 0.3) is 0 Å². The molecule has 1 atom stereocenters. The van der Waals surface area contributed by atoms with Crippen LogP contribution in [0.2, 0.25) is 0 Å². The molecular formula is C16H38NO3Si+. The molecule has 0 aliphatic carbocycles. The van der Waals surface area contributed by atoms with Crippen molar-refractivity contribution in [1.29, 1.82) is 0 Å². The maximum atomic E-state index is 5.69. The van der Waals surface area contributed by atoms with Gasteiger partial charge in [-0.1, -0.05) is 46.0 Å². The van der Waals surface area contributed by atoms with Crippen LogP contribution in [0.5, 0.6) is 0 Å². The number of hydrogen-bond acceptors (Lipinski definition) is 3. The van der Waals surface area contributed by atoms with Crippen molar-refractivity contribution in [3.05, 3.63) is 0 Å². The monoisotopic (exact) mass is 320 g/mol. The lowest BCUT2D eigenvalue weighted by Crippen LogP contribution is -2.69. The van der Waals surface area contributed by atoms with Crippen molar-refractivity contribution < 1.29 is 17.4 Å². The third kappa shape index (κ3) is 6.36. The first-order chi connectivity index (χ1) is 9.92. The van der Waals surface area contributed by atoms with Crippen LogP contribution in [0.4, 0.5) is 0 Å². The summed E-state index contributed by atoms with van der Waals surface area (Å²) in [5, 5.41) is 0. The van der Waals surface area contributed by atoms with Crippen molar-refractivity contribution in [3.63, 3.8) is 0 Å². The van der Waals surface area contributed by atoms with Crippen LogP contribution < -0.4 is 0 Å². The first kappa shape index (κ1) is 21.1. The Morgan fingerprint density at radius 2 is 1.38 bits per heavy atom. The van der Waals surface area contributed by atoms with Crippen LogP contribution in [-0.4, -0.2) is 55.1 Å². The van der Waals surface area contributed by atoms with Crippen molar-refractivity contribution in [2.24, 2.45) is 5.92 Å². The smallest absolute Gasteiger partial charge is 0.328 e. The Balaban J connectivity index is 4.71. The molecule has 0 fully saturated rings. The van der Waals surface area contributed by atoms with Crippen LogP contribution in [0.25, 0.3) is 0 Å². The maximum absolute atomic E-state index is 5.69. The molecule has 0 saturated carbocycles. The largest absolute Gasteiger partial charge is 0.783 e. The molecule has 0 bridgehead atoms. The minimum absolute atomic E-state index is 0.689. The fourth-order valence-electron chi connectivity index (χ4n) is 3.34. The van der Waals surface area contributed by atoms with E-state index in [1.165, 1.54) is 44.9 Å². The van der Waals surface area contributed by atoms with Crippen molar-refractivity contribution in [3.8, 4) is 0 Å². The fraction of sp³-hybridized carbons (Fsp3) is 1.00. The standard InChI is InChI=1S/C16H38NO3Si/c1-8-10-11-12-14-16(13-9-2)15-17(3,4)21(18-5,19-6)20-7/h16H,8-15H2,1-7H3/q+1. The molecule has 0 spiro atoms. The molecule has 128 valence electrons. The molecule has 0 aromatic heterocycles. The lowest BCUT2D eigenvalue weighted by molar-refractivity contribution is -0.823. The fourth-order valence-corrected chi connectivity index (χ4v) is 5.81. The summed E-state index contributed by atoms with van der Waals surface area (Å²) in [5.74, 6) is 0.717. The van der Waals surface area contributed by atoms with Crippen molar-refractivity contribution in [2.75, 3.05) is 42.0 Å². The molecule has 0 aromatic rings. The Labute approximate surface area is 133 Å². The van der Waals surface area contributed by atoms with Gasteiger partial charge in [-0.05, 0) is 12.8 Å². The molecule has 0 amide bonds. The quantitative estimate of drug-likeness (QED) is 0.381. The first-order valence-corrected chi connectivity index (χ1v) is 10.1. The Kier molecular flexibility index (Phi) is 10.8. The molecule has 5 heteroatoms. The molecule has 0 heterocycles. The summed E-state index contributed by atoms with van der Waals surface area (Å²) in [7, 11) is 6.81. The molecule has 0 aliphatic rings. The van der Waals surface area contributed by atoms with E-state index in [1.54, 1.807) is 21.3 Å². The Bertz CT molecular complexity index is 250. The number of quaternary nitrogens is 1. The van der Waals surface area contributed by atoms with Crippen LogP contribution in [-0.2, 0) is 13.3 Å². The predicted octanol–water partition coefficient (Wildman–Crippen LogP) is 3.82. The molecular weight excluding hydrogens is 282 g/mol. The molecule has 0 rings (SSSR count). The van der Waals surface area contributed by atoms with Crippen molar-refractivity contribution in [2.45, 2.75) is 58.8 Å². The van der Waals surface area contributed by atoms with Crippen LogP contribution in [0.3, 0.4) is 0 Å². The third-order valence-corrected chi connectivity index (χ3v) is 7.61. The normalized spacial score (nSPS) is 14.4. The highest BCUT2D eigenvalue weighted by atomic mass is 28.4. The zero-order chi connectivity index (χ0) is 16.4. The molecule has 1 unspecified atom stereocenters. The molecule has 21 heavy (non-hydrogen) atoms. The summed E-state index contributed by atoms with van der Waals surface area (Å²) < 4.78 is 17.8. The van der Waals surface area contributed by atoms with Gasteiger partial charge in [-0.25, -0.2) is 0 Å². The number of rotatable bonds is 13. The molecule has 0 N–H and O–H groups in total. The van der Waals surface area contributed by atoms with Crippen LogP contribution in [0, 0.1) is 5.92 Å². The SMILES string of the molecule is CCCCCCC(CCC)C[N+](C)(C)[Si](OC)(OC)OC. The van der Waals surface area contributed by atoms with E-state index in [0.29, 0.717) is 10.1 Å². The van der Waals surface area contributed by atoms with E-state index < -0.39 is 8.97 Å². The predicted molar refractivity (Wildman–Crippen MR) is 90.9 cm³/mol. The van der Waals surface area contributed by atoms with E-state index in [1.807, 2.05) is 0 Å². The van der Waals surface area contributed by atoms with Gasteiger partial charge in [0.15, 0.2) is 0 Å². The zero-order valence-corrected chi connectivity index (χ0v) is 16.4. The van der Waals surface area contributed by atoms with E-state index in [4.69, 9.17) is 13.3 Å². The summed E-state index contributed by atoms with van der Waals surface area (Å²) in [6.07, 6.45) is 9.15. The topological polar surface area (TPSA) is 27.7 Å². The van der Waals surface area contributed by atoms with E-state index in [2.05, 4.69) is 27.9 Å². The summed E-state index contributed by atoms with van der Waals surface area (Å²) in [6, 6.07) is 0. The summed E-state index contributed by atoms with van der Waals surface area (Å²) in [5.41, 5.74) is 0. The van der Waals surface area contributed by atoms with Gasteiger partial charge in [0.2, 0.25) is 0 Å². The average molecular weight is 321 g/mol. The minimum Gasteiger partial charge on any atom is -0.328 e. The van der Waals surface area contributed by atoms with Crippen LogP contribution in [0.1, 0.15) is 58.8 Å². The maximum Gasteiger partial charge on any atom is 0.783 e. The Hall–Kier alpha value is 0.0569. The van der Waals surface area contributed by atoms with Gasteiger partial charge in [-0.2, -0.15) is 0 Å². The second-order valence-electron chi connectivity index (χ2n) is 6.51. The van der Waals surface area contributed by atoms with Gasteiger partial charge in [0.1, 0.15) is 0 Å². The summed E-state index contributed by atoms with van der Waals surface area (Å²) in [6.45, 7) is 5.59. The third-order valence-electron chi connectivity index (χ3n) is 4.39. The highest BCUT2D eigenvalue weighted by Gasteiger charge is 2.60. The lowest BCUT2D eigenvalue weighted by Gasteiger charge is -2.41. The molecule has 0 radical (unpaired) electrons. The Morgan fingerprint density at radius 1 is 0.810 bits per heavy atom. The summed E-state index contributed by atoms with van der Waals surface area (Å²) >= 11 is 0. The number of nitrogens with zero attached hydrogens (tertiary/aromatic N) is 1. The first-order valence-electron chi connectivity index (χ1n) is 8.41. The lowest BCUT2D eigenvalue weighted by atomic mass is 9.96. The molecule has 0 aliphatic heterocycles. The Morgan fingerprint density at radius 3 is 1.81 bits per heavy atom. The summed E-state index contributed by atoms with van der Waals surface area (Å²) in [4.78, 5) is 0. The molecule has 0 aromatic carbocycles. The number of unbranched alkanes of at least 4 members (excludes halogenated alkanes) is 3. The highest BCUT2D eigenvalue weighted by molar-refractivity contribution is 6.52. The van der Waals surface area contributed by atoms with E-state index in [-0.39, 0.29) is 0 Å². The van der Waals surface area contributed by atoms with Gasteiger partial charge in [-0.15, -0.1) is 0 Å². The van der Waals surface area contributed by atoms with E-state index >= 15 is 0 Å². The highest BCUT2D eigenvalue weighted by Crippen LogP contribution is 2.25. The van der Waals surface area contributed by atoms with Gasteiger partial charge < -0.3 is 17.4 Å².